The van der Waals surface area contributed by atoms with Gasteiger partial charge in [-0.05, 0) is 38.1 Å². The van der Waals surface area contributed by atoms with Gasteiger partial charge in [-0.1, -0.05) is 0 Å². The number of ether oxygens (including phenoxy) is 1. The van der Waals surface area contributed by atoms with E-state index in [-0.39, 0.29) is 23.0 Å². The molecule has 182 valence electrons. The van der Waals surface area contributed by atoms with Gasteiger partial charge in [0.15, 0.2) is 5.65 Å². The number of amides is 1. The van der Waals surface area contributed by atoms with Crippen molar-refractivity contribution in [3.05, 3.63) is 42.4 Å². The van der Waals surface area contributed by atoms with E-state index in [2.05, 4.69) is 25.3 Å². The molecule has 3 aromatic rings. The number of morpholine rings is 1. The maximum Gasteiger partial charge on any atom is 0.251 e. The van der Waals surface area contributed by atoms with Gasteiger partial charge in [-0.3, -0.25) is 4.79 Å². The third-order valence-electron chi connectivity index (χ3n) is 5.64. The van der Waals surface area contributed by atoms with Gasteiger partial charge in [0.1, 0.15) is 12.1 Å². The summed E-state index contributed by atoms with van der Waals surface area (Å²) in [7, 11) is -0.611. The van der Waals surface area contributed by atoms with Crippen LogP contribution >= 0.6 is 0 Å². The van der Waals surface area contributed by atoms with E-state index in [0.29, 0.717) is 24.3 Å². The second-order valence-electron chi connectivity index (χ2n) is 8.53. The lowest BCUT2D eigenvalue weighted by Crippen LogP contribution is -2.45. The summed E-state index contributed by atoms with van der Waals surface area (Å²) in [6.07, 6.45) is 3.50. The van der Waals surface area contributed by atoms with Crippen LogP contribution in [0, 0.1) is 0 Å². The number of aromatic nitrogens is 4. The second kappa shape index (κ2) is 9.65. The number of nitrogens with zero attached hydrogens (tertiary/aromatic N) is 6. The third-order valence-corrected chi connectivity index (χ3v) is 7.47. The van der Waals surface area contributed by atoms with Crippen molar-refractivity contribution in [3.8, 4) is 0 Å². The molecule has 0 bridgehead atoms. The quantitative estimate of drug-likeness (QED) is 0.526. The Morgan fingerprint density at radius 3 is 2.47 bits per heavy atom. The molecule has 1 fully saturated rings. The highest BCUT2D eigenvalue weighted by Gasteiger charge is 2.25. The number of anilines is 1. The molecule has 0 saturated carbocycles. The molecule has 2 atom stereocenters. The summed E-state index contributed by atoms with van der Waals surface area (Å²) >= 11 is 0. The van der Waals surface area contributed by atoms with Gasteiger partial charge in [-0.25, -0.2) is 27.4 Å². The first-order valence-corrected chi connectivity index (χ1v) is 12.5. The zero-order valence-electron chi connectivity index (χ0n) is 19.7. The van der Waals surface area contributed by atoms with E-state index in [1.807, 2.05) is 13.8 Å². The van der Waals surface area contributed by atoms with Crippen molar-refractivity contribution >= 4 is 32.8 Å². The minimum Gasteiger partial charge on any atom is -0.372 e. The van der Waals surface area contributed by atoms with Crippen molar-refractivity contribution in [3.63, 3.8) is 0 Å². The Bertz CT molecular complexity index is 1260. The molecule has 0 radical (unpaired) electrons. The average molecular weight is 488 g/mol. The number of fused-ring (bicyclic) bond motifs is 1. The van der Waals surface area contributed by atoms with E-state index >= 15 is 0 Å². The lowest BCUT2D eigenvalue weighted by Gasteiger charge is -2.36. The van der Waals surface area contributed by atoms with E-state index in [9.17, 15) is 13.2 Å². The first-order valence-electron chi connectivity index (χ1n) is 11.0. The molecule has 1 aromatic carbocycles. The van der Waals surface area contributed by atoms with Gasteiger partial charge in [-0.15, -0.1) is 0 Å². The normalized spacial score (nSPS) is 19.0. The average Bonchev–Trinajstić information content (AvgIpc) is 3.21. The SMILES string of the molecule is C[C@H]1CN(c2ncnc3c2cnn3CCNC(=O)c2ccc(S(=O)(=O)N(C)C)cc2)C[C@H](C)O1. The molecule has 12 heteroatoms. The largest absolute Gasteiger partial charge is 0.372 e. The molecular weight excluding hydrogens is 458 g/mol. The molecule has 1 amide bonds. The molecule has 11 nitrogen and oxygen atoms in total. The topological polar surface area (TPSA) is 123 Å². The number of rotatable bonds is 7. The predicted octanol–water partition coefficient (Wildman–Crippen LogP) is 1.12. The fraction of sp³-hybridized carbons (Fsp3) is 0.455. The molecule has 34 heavy (non-hydrogen) atoms. The zero-order chi connectivity index (χ0) is 24.5. The Kier molecular flexibility index (Phi) is 6.82. The van der Waals surface area contributed by atoms with Crippen LogP contribution in [0.1, 0.15) is 24.2 Å². The summed E-state index contributed by atoms with van der Waals surface area (Å²) in [4.78, 5) is 23.7. The lowest BCUT2D eigenvalue weighted by atomic mass is 10.2. The van der Waals surface area contributed by atoms with Crippen molar-refractivity contribution in [1.82, 2.24) is 29.4 Å². The van der Waals surface area contributed by atoms with Crippen LogP contribution < -0.4 is 10.2 Å². The predicted molar refractivity (Wildman–Crippen MR) is 127 cm³/mol. The highest BCUT2D eigenvalue weighted by Crippen LogP contribution is 2.25. The van der Waals surface area contributed by atoms with Crippen LogP contribution in [-0.4, -0.2) is 84.3 Å². The molecule has 2 aromatic heterocycles. The Labute approximate surface area is 198 Å². The van der Waals surface area contributed by atoms with Gasteiger partial charge in [0.25, 0.3) is 5.91 Å². The van der Waals surface area contributed by atoms with Gasteiger partial charge in [0.2, 0.25) is 10.0 Å². The van der Waals surface area contributed by atoms with Crippen LogP contribution in [0.15, 0.2) is 41.7 Å². The molecule has 4 rings (SSSR count). The molecular formula is C22H29N7O4S. The molecule has 1 saturated heterocycles. The number of carbonyl (C=O) groups excluding carboxylic acids is 1. The van der Waals surface area contributed by atoms with Crippen LogP contribution in [0.3, 0.4) is 0 Å². The smallest absolute Gasteiger partial charge is 0.251 e. The monoisotopic (exact) mass is 487 g/mol. The molecule has 1 N–H and O–H groups in total. The highest BCUT2D eigenvalue weighted by atomic mass is 32.2. The molecule has 1 aliphatic rings. The summed E-state index contributed by atoms with van der Waals surface area (Å²) in [5.41, 5.74) is 1.08. The number of hydrogen-bond donors (Lipinski definition) is 1. The van der Waals surface area contributed by atoms with Crippen molar-refractivity contribution in [2.45, 2.75) is 37.5 Å². The Balaban J connectivity index is 1.41. The Hall–Kier alpha value is -3.09. The van der Waals surface area contributed by atoms with Crippen LogP contribution in [-0.2, 0) is 21.3 Å². The van der Waals surface area contributed by atoms with Gasteiger partial charge >= 0.3 is 0 Å². The van der Waals surface area contributed by atoms with Gasteiger partial charge < -0.3 is 15.0 Å². The van der Waals surface area contributed by atoms with E-state index in [0.717, 1.165) is 28.6 Å². The number of nitrogens with one attached hydrogen (secondary N) is 1. The van der Waals surface area contributed by atoms with E-state index in [1.165, 1.54) is 44.7 Å². The molecule has 3 heterocycles. The van der Waals surface area contributed by atoms with Crippen molar-refractivity contribution in [2.75, 3.05) is 38.6 Å². The summed E-state index contributed by atoms with van der Waals surface area (Å²) in [5.74, 6) is 0.534. The summed E-state index contributed by atoms with van der Waals surface area (Å²) < 4.78 is 33.0. The number of hydrogen-bond acceptors (Lipinski definition) is 8. The minimum absolute atomic E-state index is 0.107. The first-order chi connectivity index (χ1) is 16.2. The summed E-state index contributed by atoms with van der Waals surface area (Å²) in [6.45, 7) is 6.33. The number of sulfonamides is 1. The van der Waals surface area contributed by atoms with Crippen LogP contribution in [0.5, 0.6) is 0 Å². The van der Waals surface area contributed by atoms with Gasteiger partial charge in [-0.2, -0.15) is 5.10 Å². The maximum absolute atomic E-state index is 12.5. The molecule has 0 spiro atoms. The van der Waals surface area contributed by atoms with Crippen LogP contribution in [0.2, 0.25) is 0 Å². The lowest BCUT2D eigenvalue weighted by molar-refractivity contribution is -0.00537. The minimum atomic E-state index is -3.54. The highest BCUT2D eigenvalue weighted by molar-refractivity contribution is 7.89. The van der Waals surface area contributed by atoms with E-state index < -0.39 is 10.0 Å². The number of carbonyl (C=O) groups is 1. The van der Waals surface area contributed by atoms with E-state index in [4.69, 9.17) is 4.74 Å². The van der Waals surface area contributed by atoms with Crippen molar-refractivity contribution in [2.24, 2.45) is 0 Å². The summed E-state index contributed by atoms with van der Waals surface area (Å²) in [6, 6.07) is 5.85. The standard InChI is InChI=1S/C22H29N7O4S/c1-15-12-28(13-16(2)33-15)20-19-11-26-29(21(19)25-14-24-20)10-9-23-22(30)17-5-7-18(8-6-17)34(31,32)27(3)4/h5-8,11,14-16H,9-10,12-13H2,1-4H3,(H,23,30)/t15-,16-/m0/s1. The third kappa shape index (κ3) is 4.88. The van der Waals surface area contributed by atoms with Gasteiger partial charge in [0, 0.05) is 39.3 Å². The summed E-state index contributed by atoms with van der Waals surface area (Å²) in [5, 5.41) is 8.14. The molecule has 0 aliphatic carbocycles. The van der Waals surface area contributed by atoms with Crippen LogP contribution in [0.25, 0.3) is 11.0 Å². The van der Waals surface area contributed by atoms with Crippen LogP contribution in [0.4, 0.5) is 5.82 Å². The maximum atomic E-state index is 12.5. The van der Waals surface area contributed by atoms with Crippen molar-refractivity contribution in [1.29, 1.82) is 0 Å². The number of benzene rings is 1. The Morgan fingerprint density at radius 1 is 1.15 bits per heavy atom. The molecule has 0 unspecified atom stereocenters. The zero-order valence-corrected chi connectivity index (χ0v) is 20.5. The fourth-order valence-electron chi connectivity index (χ4n) is 4.01. The molecule has 1 aliphatic heterocycles. The second-order valence-corrected chi connectivity index (χ2v) is 10.7. The van der Waals surface area contributed by atoms with E-state index in [1.54, 1.807) is 10.9 Å². The fourth-order valence-corrected chi connectivity index (χ4v) is 4.92. The Morgan fingerprint density at radius 2 is 1.82 bits per heavy atom. The van der Waals surface area contributed by atoms with Crippen molar-refractivity contribution < 1.29 is 17.9 Å². The van der Waals surface area contributed by atoms with Gasteiger partial charge in [0.05, 0.1) is 35.2 Å². The first kappa shape index (κ1) is 24.0.